The third-order valence-corrected chi connectivity index (χ3v) is 3.20. The molecule has 3 N–H and O–H groups in total. The number of hydrogen-bond acceptors (Lipinski definition) is 3. The SMILES string of the molecule is CCC(C)(CO)CNc1ccc(O)c(Cl)c1. The number of nitrogens with one attached hydrogen (secondary N) is 1. The molecule has 0 aromatic heterocycles. The highest BCUT2D eigenvalue weighted by Gasteiger charge is 2.20. The molecule has 0 saturated carbocycles. The Bertz CT molecular complexity index is 351. The van der Waals surface area contributed by atoms with E-state index >= 15 is 0 Å². The summed E-state index contributed by atoms with van der Waals surface area (Å²) in [4.78, 5) is 0. The highest BCUT2D eigenvalue weighted by Crippen LogP contribution is 2.27. The molecule has 3 nitrogen and oxygen atoms in total. The molecule has 0 aliphatic heterocycles. The molecule has 1 atom stereocenters. The average Bonchev–Trinajstić information content (AvgIpc) is 2.30. The van der Waals surface area contributed by atoms with E-state index in [4.69, 9.17) is 11.6 Å². The van der Waals surface area contributed by atoms with Gasteiger partial charge in [0.15, 0.2) is 0 Å². The van der Waals surface area contributed by atoms with E-state index in [1.165, 1.54) is 0 Å². The first-order chi connectivity index (χ1) is 7.50. The van der Waals surface area contributed by atoms with Crippen molar-refractivity contribution in [1.82, 2.24) is 0 Å². The van der Waals surface area contributed by atoms with Crippen molar-refractivity contribution >= 4 is 17.3 Å². The third kappa shape index (κ3) is 3.29. The van der Waals surface area contributed by atoms with Crippen molar-refractivity contribution in [2.45, 2.75) is 20.3 Å². The largest absolute Gasteiger partial charge is 0.506 e. The molecule has 90 valence electrons. The summed E-state index contributed by atoms with van der Waals surface area (Å²) in [6.07, 6.45) is 0.891. The van der Waals surface area contributed by atoms with Gasteiger partial charge in [-0.2, -0.15) is 0 Å². The Kier molecular flexibility index (Phi) is 4.44. The minimum Gasteiger partial charge on any atom is -0.506 e. The molecule has 0 aliphatic rings. The Labute approximate surface area is 101 Å². The van der Waals surface area contributed by atoms with E-state index in [1.54, 1.807) is 18.2 Å². The number of phenolic OH excluding ortho intramolecular Hbond substituents is 1. The Morgan fingerprint density at radius 3 is 2.62 bits per heavy atom. The van der Waals surface area contributed by atoms with Gasteiger partial charge in [0, 0.05) is 17.6 Å². The standard InChI is InChI=1S/C12H18ClNO2/c1-3-12(2,8-15)7-14-9-4-5-11(16)10(13)6-9/h4-6,14-16H,3,7-8H2,1-2H3. The molecule has 1 rings (SSSR count). The normalized spacial score (nSPS) is 14.5. The molecule has 0 aliphatic carbocycles. The van der Waals surface area contributed by atoms with Crippen LogP contribution in [0.1, 0.15) is 20.3 Å². The van der Waals surface area contributed by atoms with Gasteiger partial charge in [0.2, 0.25) is 0 Å². The van der Waals surface area contributed by atoms with Gasteiger partial charge < -0.3 is 15.5 Å². The maximum absolute atomic E-state index is 9.26. The molecule has 1 aromatic carbocycles. The van der Waals surface area contributed by atoms with Gasteiger partial charge in [-0.1, -0.05) is 25.4 Å². The number of aromatic hydroxyl groups is 1. The van der Waals surface area contributed by atoms with Crippen LogP contribution in [0.3, 0.4) is 0 Å². The number of halogens is 1. The monoisotopic (exact) mass is 243 g/mol. The summed E-state index contributed by atoms with van der Waals surface area (Å²) in [5, 5.41) is 22.0. The quantitative estimate of drug-likeness (QED) is 0.697. The fourth-order valence-corrected chi connectivity index (χ4v) is 1.41. The van der Waals surface area contributed by atoms with E-state index in [9.17, 15) is 10.2 Å². The van der Waals surface area contributed by atoms with E-state index in [0.717, 1.165) is 12.1 Å². The maximum atomic E-state index is 9.26. The Morgan fingerprint density at radius 2 is 2.12 bits per heavy atom. The summed E-state index contributed by atoms with van der Waals surface area (Å²) >= 11 is 5.79. The summed E-state index contributed by atoms with van der Waals surface area (Å²) < 4.78 is 0. The summed E-state index contributed by atoms with van der Waals surface area (Å²) in [6, 6.07) is 4.98. The number of hydrogen-bond donors (Lipinski definition) is 3. The van der Waals surface area contributed by atoms with E-state index in [0.29, 0.717) is 11.6 Å². The molecule has 0 bridgehead atoms. The van der Waals surface area contributed by atoms with Crippen molar-refractivity contribution < 1.29 is 10.2 Å². The fraction of sp³-hybridized carbons (Fsp3) is 0.500. The van der Waals surface area contributed by atoms with Crippen LogP contribution in [0.4, 0.5) is 5.69 Å². The van der Waals surface area contributed by atoms with E-state index in [1.807, 2.05) is 13.8 Å². The van der Waals surface area contributed by atoms with Gasteiger partial charge in [-0.3, -0.25) is 0 Å². The van der Waals surface area contributed by atoms with Gasteiger partial charge in [-0.05, 0) is 24.6 Å². The van der Waals surface area contributed by atoms with Gasteiger partial charge in [0.1, 0.15) is 5.75 Å². The summed E-state index contributed by atoms with van der Waals surface area (Å²) in [7, 11) is 0. The van der Waals surface area contributed by atoms with Crippen molar-refractivity contribution in [3.8, 4) is 5.75 Å². The zero-order valence-corrected chi connectivity index (χ0v) is 10.4. The molecule has 4 heteroatoms. The average molecular weight is 244 g/mol. The van der Waals surface area contributed by atoms with Gasteiger partial charge >= 0.3 is 0 Å². The zero-order chi connectivity index (χ0) is 12.2. The minimum atomic E-state index is -0.135. The van der Waals surface area contributed by atoms with Crippen LogP contribution < -0.4 is 5.32 Å². The van der Waals surface area contributed by atoms with Crippen LogP contribution in [-0.4, -0.2) is 23.4 Å². The lowest BCUT2D eigenvalue weighted by molar-refractivity contribution is 0.149. The number of aliphatic hydroxyl groups is 1. The molecule has 0 amide bonds. The molecule has 16 heavy (non-hydrogen) atoms. The lowest BCUT2D eigenvalue weighted by Gasteiger charge is -2.26. The molecular formula is C12H18ClNO2. The van der Waals surface area contributed by atoms with Crippen LogP contribution >= 0.6 is 11.6 Å². The zero-order valence-electron chi connectivity index (χ0n) is 9.63. The lowest BCUT2D eigenvalue weighted by Crippen LogP contribution is -2.29. The predicted octanol–water partition coefficient (Wildman–Crippen LogP) is 2.87. The van der Waals surface area contributed by atoms with Crippen LogP contribution in [0, 0.1) is 5.41 Å². The lowest BCUT2D eigenvalue weighted by atomic mass is 9.88. The smallest absolute Gasteiger partial charge is 0.134 e. The van der Waals surface area contributed by atoms with Crippen molar-refractivity contribution in [3.63, 3.8) is 0 Å². The van der Waals surface area contributed by atoms with E-state index in [-0.39, 0.29) is 17.8 Å². The number of phenols is 1. The topological polar surface area (TPSA) is 52.5 Å². The number of rotatable bonds is 5. The second-order valence-corrected chi connectivity index (χ2v) is 4.75. The van der Waals surface area contributed by atoms with Crippen molar-refractivity contribution in [1.29, 1.82) is 0 Å². The van der Waals surface area contributed by atoms with Crippen molar-refractivity contribution in [3.05, 3.63) is 23.2 Å². The van der Waals surface area contributed by atoms with E-state index < -0.39 is 0 Å². The minimum absolute atomic E-state index is 0.0765. The molecule has 0 radical (unpaired) electrons. The number of aliphatic hydroxyl groups excluding tert-OH is 1. The second-order valence-electron chi connectivity index (χ2n) is 4.34. The molecule has 0 spiro atoms. The van der Waals surface area contributed by atoms with Crippen molar-refractivity contribution in [2.24, 2.45) is 5.41 Å². The Morgan fingerprint density at radius 1 is 1.44 bits per heavy atom. The highest BCUT2D eigenvalue weighted by molar-refractivity contribution is 6.32. The highest BCUT2D eigenvalue weighted by atomic mass is 35.5. The molecule has 1 unspecified atom stereocenters. The Balaban J connectivity index is 2.64. The number of anilines is 1. The van der Waals surface area contributed by atoms with Gasteiger partial charge in [0.25, 0.3) is 0 Å². The van der Waals surface area contributed by atoms with Gasteiger partial charge in [-0.25, -0.2) is 0 Å². The van der Waals surface area contributed by atoms with Crippen molar-refractivity contribution in [2.75, 3.05) is 18.5 Å². The van der Waals surface area contributed by atoms with Gasteiger partial charge in [0.05, 0.1) is 11.6 Å². The molecular weight excluding hydrogens is 226 g/mol. The fourth-order valence-electron chi connectivity index (χ4n) is 1.23. The third-order valence-electron chi connectivity index (χ3n) is 2.90. The predicted molar refractivity (Wildman–Crippen MR) is 67.1 cm³/mol. The second kappa shape index (κ2) is 5.41. The Hall–Kier alpha value is -0.930. The van der Waals surface area contributed by atoms with Crippen LogP contribution in [0.25, 0.3) is 0 Å². The summed E-state index contributed by atoms with van der Waals surface area (Å²) in [5.41, 5.74) is 0.709. The first-order valence-corrected chi connectivity index (χ1v) is 5.72. The molecule has 0 saturated heterocycles. The maximum Gasteiger partial charge on any atom is 0.134 e. The first-order valence-electron chi connectivity index (χ1n) is 5.34. The van der Waals surface area contributed by atoms with Crippen LogP contribution in [0.2, 0.25) is 5.02 Å². The van der Waals surface area contributed by atoms with Crippen LogP contribution in [0.15, 0.2) is 18.2 Å². The summed E-state index contributed by atoms with van der Waals surface area (Å²) in [5.74, 6) is 0.0765. The van der Waals surface area contributed by atoms with Crippen LogP contribution in [0.5, 0.6) is 5.75 Å². The number of benzene rings is 1. The molecule has 0 heterocycles. The molecule has 0 fully saturated rings. The van der Waals surface area contributed by atoms with Gasteiger partial charge in [-0.15, -0.1) is 0 Å². The van der Waals surface area contributed by atoms with Crippen LogP contribution in [-0.2, 0) is 0 Å². The molecule has 1 aromatic rings. The summed E-state index contributed by atoms with van der Waals surface area (Å²) in [6.45, 7) is 4.87. The first kappa shape index (κ1) is 13.1. The van der Waals surface area contributed by atoms with E-state index in [2.05, 4.69) is 5.32 Å².